The Morgan fingerprint density at radius 3 is 2.45 bits per heavy atom. The predicted octanol–water partition coefficient (Wildman–Crippen LogP) is 4.85. The van der Waals surface area contributed by atoms with E-state index in [0.29, 0.717) is 37.0 Å². The molecule has 2 fully saturated rings. The van der Waals surface area contributed by atoms with Gasteiger partial charge in [0.15, 0.2) is 11.8 Å². The van der Waals surface area contributed by atoms with Gasteiger partial charge in [-0.05, 0) is 49.6 Å². The van der Waals surface area contributed by atoms with Crippen LogP contribution in [-0.2, 0) is 22.6 Å². The van der Waals surface area contributed by atoms with Crippen LogP contribution in [0.5, 0.6) is 0 Å². The summed E-state index contributed by atoms with van der Waals surface area (Å²) in [6.07, 6.45) is 5.29. The molecule has 1 saturated heterocycles. The fraction of sp³-hybridized carbons (Fsp3) is 0.467. The van der Waals surface area contributed by atoms with Gasteiger partial charge in [-0.15, -0.1) is 0 Å². The maximum Gasteiger partial charge on any atom is 0.290 e. The van der Waals surface area contributed by atoms with Crippen molar-refractivity contribution < 1.29 is 23.2 Å². The Bertz CT molecular complexity index is 1190. The van der Waals surface area contributed by atoms with Crippen LogP contribution < -0.4 is 5.32 Å². The van der Waals surface area contributed by atoms with Crippen LogP contribution in [0.25, 0.3) is 0 Å². The number of amides is 2. The molecule has 1 saturated carbocycles. The highest BCUT2D eigenvalue weighted by molar-refractivity contribution is 5.96. The van der Waals surface area contributed by atoms with Crippen LogP contribution in [0.2, 0.25) is 0 Å². The van der Waals surface area contributed by atoms with Crippen LogP contribution in [0, 0.1) is 6.92 Å². The minimum Gasteiger partial charge on any atom is -0.464 e. The molecule has 3 heterocycles. The maximum atomic E-state index is 14.0. The molecule has 1 aliphatic carbocycles. The molecule has 0 spiro atoms. The van der Waals surface area contributed by atoms with E-state index >= 15 is 0 Å². The van der Waals surface area contributed by atoms with E-state index in [2.05, 4.69) is 10.2 Å². The van der Waals surface area contributed by atoms with Crippen LogP contribution in [0.15, 0.2) is 63.4 Å². The van der Waals surface area contributed by atoms with Crippen LogP contribution in [0.3, 0.4) is 0 Å². The van der Waals surface area contributed by atoms with Crippen molar-refractivity contribution in [3.05, 3.63) is 83.2 Å². The van der Waals surface area contributed by atoms with E-state index in [9.17, 15) is 9.59 Å². The molecular weight excluding hydrogens is 482 g/mol. The van der Waals surface area contributed by atoms with E-state index in [0.717, 1.165) is 44.3 Å². The van der Waals surface area contributed by atoms with E-state index in [4.69, 9.17) is 13.6 Å². The van der Waals surface area contributed by atoms with Gasteiger partial charge in [-0.2, -0.15) is 0 Å². The highest BCUT2D eigenvalue weighted by atomic mass is 16.5. The van der Waals surface area contributed by atoms with E-state index in [-0.39, 0.29) is 30.2 Å². The van der Waals surface area contributed by atoms with Crippen molar-refractivity contribution in [3.63, 3.8) is 0 Å². The number of carbonyl (C=O) groups is 2. The Morgan fingerprint density at radius 2 is 1.74 bits per heavy atom. The Kier molecular flexibility index (Phi) is 8.61. The summed E-state index contributed by atoms with van der Waals surface area (Å²) in [5, 5.41) is 3.22. The first-order chi connectivity index (χ1) is 18.6. The van der Waals surface area contributed by atoms with Crippen LogP contribution in [0.1, 0.15) is 71.5 Å². The number of hydrogen-bond donors (Lipinski definition) is 1. The van der Waals surface area contributed by atoms with Gasteiger partial charge in [0, 0.05) is 25.7 Å². The number of aryl methyl sites for hydroxylation is 1. The van der Waals surface area contributed by atoms with E-state index in [1.807, 2.05) is 49.4 Å². The van der Waals surface area contributed by atoms with E-state index in [1.54, 1.807) is 17.0 Å². The van der Waals surface area contributed by atoms with E-state index < -0.39 is 6.04 Å². The van der Waals surface area contributed by atoms with Gasteiger partial charge in [0.1, 0.15) is 17.3 Å². The molecule has 3 aromatic rings. The minimum absolute atomic E-state index is 0.104. The summed E-state index contributed by atoms with van der Waals surface area (Å²) in [5.41, 5.74) is 0.916. The molecule has 0 radical (unpaired) electrons. The van der Waals surface area contributed by atoms with Gasteiger partial charge < -0.3 is 23.8 Å². The first-order valence-electron chi connectivity index (χ1n) is 13.7. The second-order valence-corrected chi connectivity index (χ2v) is 10.3. The maximum absolute atomic E-state index is 14.0. The van der Waals surface area contributed by atoms with Gasteiger partial charge in [0.25, 0.3) is 11.8 Å². The molecule has 1 aliphatic heterocycles. The Morgan fingerprint density at radius 1 is 0.974 bits per heavy atom. The zero-order chi connectivity index (χ0) is 26.3. The third-order valence-electron chi connectivity index (χ3n) is 7.35. The number of nitrogens with one attached hydrogen (secondary N) is 1. The molecule has 2 aliphatic rings. The third kappa shape index (κ3) is 6.55. The standard InChI is InChI=1S/C30H37N3O5/c1-22-12-14-26(37-22)28(29(34)31-24-10-6-3-7-11-24)33(20-23-8-4-2-5-9-23)30(35)27-15-13-25(38-27)21-32-16-18-36-19-17-32/h2,4-5,8-9,12-15,24,28H,3,6-7,10-11,16-21H2,1H3,(H,31,34). The summed E-state index contributed by atoms with van der Waals surface area (Å²) >= 11 is 0. The first kappa shape index (κ1) is 26.3. The van der Waals surface area contributed by atoms with Crippen LogP contribution >= 0.6 is 0 Å². The smallest absolute Gasteiger partial charge is 0.290 e. The van der Waals surface area contributed by atoms with Gasteiger partial charge in [-0.3, -0.25) is 14.5 Å². The molecule has 1 atom stereocenters. The molecular formula is C30H37N3O5. The fourth-order valence-electron chi connectivity index (χ4n) is 5.31. The van der Waals surface area contributed by atoms with Gasteiger partial charge >= 0.3 is 0 Å². The monoisotopic (exact) mass is 519 g/mol. The zero-order valence-corrected chi connectivity index (χ0v) is 22.1. The zero-order valence-electron chi connectivity index (χ0n) is 22.1. The van der Waals surface area contributed by atoms with Crippen molar-refractivity contribution in [2.24, 2.45) is 0 Å². The van der Waals surface area contributed by atoms with Crippen molar-refractivity contribution in [2.75, 3.05) is 26.3 Å². The molecule has 1 N–H and O–H groups in total. The number of hydrogen-bond acceptors (Lipinski definition) is 6. The molecule has 1 aromatic carbocycles. The normalized spacial score (nSPS) is 17.7. The summed E-state index contributed by atoms with van der Waals surface area (Å²) in [6.45, 7) is 5.72. The molecule has 0 bridgehead atoms. The van der Waals surface area contributed by atoms with Crippen LogP contribution in [0.4, 0.5) is 0 Å². The lowest BCUT2D eigenvalue weighted by Crippen LogP contribution is -2.46. The number of furan rings is 2. The summed E-state index contributed by atoms with van der Waals surface area (Å²) in [7, 11) is 0. The topological polar surface area (TPSA) is 88.2 Å². The summed E-state index contributed by atoms with van der Waals surface area (Å²) in [6, 6.07) is 16.1. The molecule has 2 amide bonds. The van der Waals surface area contributed by atoms with Gasteiger partial charge in [0.2, 0.25) is 0 Å². The molecule has 8 heteroatoms. The number of rotatable bonds is 9. The van der Waals surface area contributed by atoms with Gasteiger partial charge in [-0.1, -0.05) is 49.6 Å². The second kappa shape index (κ2) is 12.5. The van der Waals surface area contributed by atoms with Crippen molar-refractivity contribution in [3.8, 4) is 0 Å². The second-order valence-electron chi connectivity index (χ2n) is 10.3. The fourth-order valence-corrected chi connectivity index (χ4v) is 5.31. The number of ether oxygens (including phenoxy) is 1. The average molecular weight is 520 g/mol. The number of carbonyl (C=O) groups excluding carboxylic acids is 2. The SMILES string of the molecule is Cc1ccc(C(C(=O)NC2CCCCC2)N(Cc2ccccc2)C(=O)c2ccc(CN3CCOCC3)o2)o1. The number of benzene rings is 1. The van der Waals surface area contributed by atoms with Crippen molar-refractivity contribution in [2.45, 2.75) is 64.2 Å². The van der Waals surface area contributed by atoms with Crippen LogP contribution in [-0.4, -0.2) is 54.0 Å². The minimum atomic E-state index is -0.925. The molecule has 38 heavy (non-hydrogen) atoms. The van der Waals surface area contributed by atoms with Crippen molar-refractivity contribution >= 4 is 11.8 Å². The Hall–Kier alpha value is -3.36. The summed E-state index contributed by atoms with van der Waals surface area (Å²) in [4.78, 5) is 31.7. The largest absolute Gasteiger partial charge is 0.464 e. The quantitative estimate of drug-likeness (QED) is 0.435. The lowest BCUT2D eigenvalue weighted by Gasteiger charge is -2.31. The predicted molar refractivity (Wildman–Crippen MR) is 142 cm³/mol. The van der Waals surface area contributed by atoms with Gasteiger partial charge in [0.05, 0.1) is 19.8 Å². The molecule has 5 rings (SSSR count). The lowest BCUT2D eigenvalue weighted by molar-refractivity contribution is -0.127. The molecule has 2 aromatic heterocycles. The van der Waals surface area contributed by atoms with E-state index in [1.165, 1.54) is 6.42 Å². The molecule has 1 unspecified atom stereocenters. The number of morpholine rings is 1. The average Bonchev–Trinajstić information content (AvgIpc) is 3.59. The van der Waals surface area contributed by atoms with Crippen molar-refractivity contribution in [1.29, 1.82) is 0 Å². The van der Waals surface area contributed by atoms with Gasteiger partial charge in [-0.25, -0.2) is 0 Å². The lowest BCUT2D eigenvalue weighted by atomic mass is 9.95. The Labute approximate surface area is 223 Å². The van der Waals surface area contributed by atoms with Crippen molar-refractivity contribution in [1.82, 2.24) is 15.1 Å². The highest BCUT2D eigenvalue weighted by Crippen LogP contribution is 2.29. The highest BCUT2D eigenvalue weighted by Gasteiger charge is 2.36. The first-order valence-corrected chi connectivity index (χ1v) is 13.7. The Balaban J connectivity index is 1.44. The summed E-state index contributed by atoms with van der Waals surface area (Å²) < 4.78 is 17.5. The summed E-state index contributed by atoms with van der Waals surface area (Å²) in [5.74, 6) is 1.49. The molecule has 202 valence electrons. The third-order valence-corrected chi connectivity index (χ3v) is 7.35. The number of nitrogens with zero attached hydrogens (tertiary/aromatic N) is 2. The molecule has 8 nitrogen and oxygen atoms in total.